The van der Waals surface area contributed by atoms with E-state index in [2.05, 4.69) is 20.3 Å². The number of nitrogens with zero attached hydrogens (tertiary/aromatic N) is 4. The molecule has 0 aliphatic carbocycles. The van der Waals surface area contributed by atoms with Gasteiger partial charge in [-0.15, -0.1) is 0 Å². The van der Waals surface area contributed by atoms with E-state index < -0.39 is 10.0 Å². The third kappa shape index (κ3) is 4.66. The van der Waals surface area contributed by atoms with Gasteiger partial charge in [0.25, 0.3) is 0 Å². The van der Waals surface area contributed by atoms with Crippen molar-refractivity contribution in [3.05, 3.63) is 77.4 Å². The summed E-state index contributed by atoms with van der Waals surface area (Å²) in [5.41, 5.74) is 3.40. The van der Waals surface area contributed by atoms with Gasteiger partial charge in [-0.05, 0) is 44.4 Å². The largest absolute Gasteiger partial charge is 0.324 e. The lowest BCUT2D eigenvalue weighted by Gasteiger charge is -2.24. The Hall–Kier alpha value is -2.84. The fourth-order valence-corrected chi connectivity index (χ4v) is 5.58. The summed E-state index contributed by atoms with van der Waals surface area (Å²) in [4.78, 5) is 13.3. The molecule has 1 N–H and O–H groups in total. The second kappa shape index (κ2) is 8.49. The number of anilines is 2. The second-order valence-electron chi connectivity index (χ2n) is 7.63. The number of benzene rings is 1. The Morgan fingerprint density at radius 3 is 2.70 bits per heavy atom. The van der Waals surface area contributed by atoms with Crippen LogP contribution in [-0.2, 0) is 15.8 Å². The summed E-state index contributed by atoms with van der Waals surface area (Å²) < 4.78 is 27.9. The molecule has 0 saturated carbocycles. The zero-order valence-electron chi connectivity index (χ0n) is 17.1. The first-order valence-corrected chi connectivity index (χ1v) is 11.6. The molecule has 1 aliphatic heterocycles. The molecule has 1 aliphatic rings. The molecule has 2 aromatic heterocycles. The summed E-state index contributed by atoms with van der Waals surface area (Å²) in [6.07, 6.45) is 4.80. The van der Waals surface area contributed by atoms with Gasteiger partial charge >= 0.3 is 0 Å². The number of nitrogens with one attached hydrogen (secondary N) is 1. The van der Waals surface area contributed by atoms with Gasteiger partial charge in [-0.1, -0.05) is 35.9 Å². The van der Waals surface area contributed by atoms with E-state index in [1.807, 2.05) is 56.3 Å². The van der Waals surface area contributed by atoms with Gasteiger partial charge in [0.2, 0.25) is 10.0 Å². The average molecular weight is 424 g/mol. The summed E-state index contributed by atoms with van der Waals surface area (Å²) in [6.45, 7) is 4.38. The van der Waals surface area contributed by atoms with Crippen molar-refractivity contribution in [1.82, 2.24) is 19.3 Å². The third-order valence-electron chi connectivity index (χ3n) is 5.13. The van der Waals surface area contributed by atoms with Crippen LogP contribution in [0.15, 0.2) is 54.9 Å². The van der Waals surface area contributed by atoms with Crippen LogP contribution in [-0.4, -0.2) is 34.2 Å². The van der Waals surface area contributed by atoms with Crippen LogP contribution in [0.1, 0.15) is 41.4 Å². The minimum Gasteiger partial charge on any atom is -0.324 e. The fraction of sp³-hybridized carbons (Fsp3) is 0.318. The Morgan fingerprint density at radius 1 is 1.07 bits per heavy atom. The minimum absolute atomic E-state index is 0.0102. The van der Waals surface area contributed by atoms with E-state index in [9.17, 15) is 8.42 Å². The summed E-state index contributed by atoms with van der Waals surface area (Å²) in [5, 5.41) is 3.16. The van der Waals surface area contributed by atoms with Crippen molar-refractivity contribution in [3.63, 3.8) is 0 Å². The SMILES string of the molecule is Cc1cccc(CS(=O)(=O)N2CCCC2c2cncc(Nc3cccc(C)n3)n2)c1. The predicted molar refractivity (Wildman–Crippen MR) is 117 cm³/mol. The van der Waals surface area contributed by atoms with Crippen LogP contribution in [0.3, 0.4) is 0 Å². The van der Waals surface area contributed by atoms with Crippen LogP contribution >= 0.6 is 0 Å². The average Bonchev–Trinajstić information content (AvgIpc) is 3.19. The van der Waals surface area contributed by atoms with Crippen LogP contribution in [0.25, 0.3) is 0 Å². The van der Waals surface area contributed by atoms with E-state index in [4.69, 9.17) is 0 Å². The lowest BCUT2D eigenvalue weighted by molar-refractivity contribution is 0.389. The van der Waals surface area contributed by atoms with Gasteiger partial charge in [-0.3, -0.25) is 4.98 Å². The molecule has 7 nitrogen and oxygen atoms in total. The van der Waals surface area contributed by atoms with Crippen LogP contribution in [0.5, 0.6) is 0 Å². The van der Waals surface area contributed by atoms with E-state index in [1.165, 1.54) is 0 Å². The lowest BCUT2D eigenvalue weighted by atomic mass is 10.2. The highest BCUT2D eigenvalue weighted by Crippen LogP contribution is 2.34. The first-order valence-electron chi connectivity index (χ1n) is 9.98. The zero-order chi connectivity index (χ0) is 21.1. The van der Waals surface area contributed by atoms with Crippen molar-refractivity contribution < 1.29 is 8.42 Å². The summed E-state index contributed by atoms with van der Waals surface area (Å²) in [7, 11) is -3.47. The van der Waals surface area contributed by atoms with Crippen LogP contribution in [0.2, 0.25) is 0 Å². The number of hydrogen-bond acceptors (Lipinski definition) is 6. The number of aryl methyl sites for hydroxylation is 2. The Balaban J connectivity index is 1.56. The second-order valence-corrected chi connectivity index (χ2v) is 9.55. The summed E-state index contributed by atoms with van der Waals surface area (Å²) >= 11 is 0. The van der Waals surface area contributed by atoms with Crippen molar-refractivity contribution in [1.29, 1.82) is 0 Å². The standard InChI is InChI=1S/C22H25N5O2S/c1-16-6-3-8-18(12-16)15-30(28,29)27-11-5-9-20(27)19-13-23-14-22(25-19)26-21-10-4-7-17(2)24-21/h3-4,6-8,10,12-14,20H,5,9,11,15H2,1-2H3,(H,24,25,26). The van der Waals surface area contributed by atoms with Gasteiger partial charge in [-0.25, -0.2) is 18.4 Å². The molecule has 1 fully saturated rings. The molecule has 3 aromatic rings. The Morgan fingerprint density at radius 2 is 1.90 bits per heavy atom. The molecule has 0 spiro atoms. The Labute approximate surface area is 177 Å². The number of pyridine rings is 1. The van der Waals surface area contributed by atoms with Crippen molar-refractivity contribution in [2.45, 2.75) is 38.5 Å². The van der Waals surface area contributed by atoms with Crippen LogP contribution in [0.4, 0.5) is 11.6 Å². The molecule has 1 atom stereocenters. The maximum Gasteiger partial charge on any atom is 0.218 e. The molecule has 1 unspecified atom stereocenters. The monoisotopic (exact) mass is 423 g/mol. The van der Waals surface area contributed by atoms with Crippen LogP contribution < -0.4 is 5.32 Å². The van der Waals surface area contributed by atoms with Gasteiger partial charge in [-0.2, -0.15) is 4.31 Å². The normalized spacial score (nSPS) is 17.2. The molecule has 1 aromatic carbocycles. The third-order valence-corrected chi connectivity index (χ3v) is 6.98. The highest BCUT2D eigenvalue weighted by atomic mass is 32.2. The van der Waals surface area contributed by atoms with E-state index in [1.54, 1.807) is 16.7 Å². The number of rotatable bonds is 6. The number of hydrogen-bond donors (Lipinski definition) is 1. The maximum atomic E-state index is 13.2. The van der Waals surface area contributed by atoms with Crippen molar-refractivity contribution in [2.75, 3.05) is 11.9 Å². The van der Waals surface area contributed by atoms with Gasteiger partial charge in [0.05, 0.1) is 29.9 Å². The molecule has 30 heavy (non-hydrogen) atoms. The van der Waals surface area contributed by atoms with Crippen LogP contribution in [0, 0.1) is 13.8 Å². The Bertz CT molecular complexity index is 1150. The van der Waals surface area contributed by atoms with E-state index in [0.29, 0.717) is 23.9 Å². The fourth-order valence-electron chi connectivity index (χ4n) is 3.81. The zero-order valence-corrected chi connectivity index (χ0v) is 17.9. The van der Waals surface area contributed by atoms with Gasteiger partial charge in [0, 0.05) is 12.2 Å². The number of sulfonamides is 1. The highest BCUT2D eigenvalue weighted by Gasteiger charge is 2.36. The highest BCUT2D eigenvalue weighted by molar-refractivity contribution is 7.88. The molecule has 4 rings (SSSR count). The van der Waals surface area contributed by atoms with E-state index in [0.717, 1.165) is 29.7 Å². The van der Waals surface area contributed by atoms with Gasteiger partial charge in [0.15, 0.2) is 0 Å². The molecule has 156 valence electrons. The molecule has 3 heterocycles. The van der Waals surface area contributed by atoms with Gasteiger partial charge in [0.1, 0.15) is 11.6 Å². The summed E-state index contributed by atoms with van der Waals surface area (Å²) in [6, 6.07) is 13.0. The summed E-state index contributed by atoms with van der Waals surface area (Å²) in [5.74, 6) is 1.22. The predicted octanol–water partition coefficient (Wildman–Crippen LogP) is 3.90. The molecular weight excluding hydrogens is 398 g/mol. The van der Waals surface area contributed by atoms with E-state index in [-0.39, 0.29) is 11.8 Å². The maximum absolute atomic E-state index is 13.2. The van der Waals surface area contributed by atoms with Crippen molar-refractivity contribution >= 4 is 21.7 Å². The first-order chi connectivity index (χ1) is 14.4. The number of aromatic nitrogens is 3. The molecule has 0 radical (unpaired) electrons. The lowest BCUT2D eigenvalue weighted by Crippen LogP contribution is -2.32. The van der Waals surface area contributed by atoms with E-state index >= 15 is 0 Å². The van der Waals surface area contributed by atoms with Crippen molar-refractivity contribution in [2.24, 2.45) is 0 Å². The molecule has 0 amide bonds. The topological polar surface area (TPSA) is 88.1 Å². The first kappa shape index (κ1) is 20.4. The molecular formula is C22H25N5O2S. The smallest absolute Gasteiger partial charge is 0.218 e. The molecule has 1 saturated heterocycles. The quantitative estimate of drug-likeness (QED) is 0.647. The molecule has 8 heteroatoms. The minimum atomic E-state index is -3.47. The van der Waals surface area contributed by atoms with Gasteiger partial charge < -0.3 is 5.32 Å². The molecule has 0 bridgehead atoms. The Kier molecular flexibility index (Phi) is 5.78. The van der Waals surface area contributed by atoms with Crippen molar-refractivity contribution in [3.8, 4) is 0 Å².